The lowest BCUT2D eigenvalue weighted by Crippen LogP contribution is -2.01. The Bertz CT molecular complexity index is 598. The molecule has 124 valence electrons. The van der Waals surface area contributed by atoms with Crippen LogP contribution in [0, 0.1) is 0 Å². The Morgan fingerprint density at radius 1 is 0.913 bits per heavy atom. The molecule has 0 N–H and O–H groups in total. The fourth-order valence-corrected chi connectivity index (χ4v) is 2.35. The number of halogens is 4. The van der Waals surface area contributed by atoms with Gasteiger partial charge in [-0.3, -0.25) is 4.39 Å². The highest BCUT2D eigenvalue weighted by Crippen LogP contribution is 2.25. The molecule has 0 radical (unpaired) electrons. The first-order valence-corrected chi connectivity index (χ1v) is 7.41. The quantitative estimate of drug-likeness (QED) is 0.571. The SMILES string of the molecule is FCCCC(F)c1cccc(Cc2ccc(OC(F)F)cc2)c1. The van der Waals surface area contributed by atoms with Gasteiger partial charge in [-0.2, -0.15) is 8.78 Å². The number of ether oxygens (including phenoxy) is 1. The Morgan fingerprint density at radius 3 is 2.30 bits per heavy atom. The van der Waals surface area contributed by atoms with Crippen LogP contribution in [0.4, 0.5) is 17.6 Å². The van der Waals surface area contributed by atoms with Crippen molar-refractivity contribution in [3.63, 3.8) is 0 Å². The highest BCUT2D eigenvalue weighted by molar-refractivity contribution is 5.33. The lowest BCUT2D eigenvalue weighted by molar-refractivity contribution is -0.0498. The average Bonchev–Trinajstić information content (AvgIpc) is 2.54. The molecule has 0 saturated heterocycles. The molecule has 0 fully saturated rings. The zero-order valence-corrected chi connectivity index (χ0v) is 12.5. The van der Waals surface area contributed by atoms with Gasteiger partial charge in [0.15, 0.2) is 0 Å². The molecule has 0 aliphatic rings. The van der Waals surface area contributed by atoms with E-state index in [0.717, 1.165) is 11.1 Å². The highest BCUT2D eigenvalue weighted by Gasteiger charge is 2.10. The molecular formula is C18H18F4O. The van der Waals surface area contributed by atoms with E-state index in [9.17, 15) is 17.6 Å². The molecule has 1 unspecified atom stereocenters. The first-order valence-electron chi connectivity index (χ1n) is 7.41. The van der Waals surface area contributed by atoms with E-state index in [-0.39, 0.29) is 18.6 Å². The number of rotatable bonds is 8. The van der Waals surface area contributed by atoms with E-state index in [2.05, 4.69) is 4.74 Å². The summed E-state index contributed by atoms with van der Waals surface area (Å²) in [5.74, 6) is 0.104. The third-order valence-electron chi connectivity index (χ3n) is 3.46. The molecule has 0 bridgehead atoms. The number of hydrogen-bond donors (Lipinski definition) is 0. The zero-order valence-electron chi connectivity index (χ0n) is 12.5. The zero-order chi connectivity index (χ0) is 16.7. The largest absolute Gasteiger partial charge is 0.435 e. The van der Waals surface area contributed by atoms with E-state index in [1.54, 1.807) is 30.3 Å². The molecule has 0 aromatic heterocycles. The van der Waals surface area contributed by atoms with Crippen molar-refractivity contribution in [2.45, 2.75) is 32.0 Å². The van der Waals surface area contributed by atoms with Gasteiger partial charge in [-0.15, -0.1) is 0 Å². The van der Waals surface area contributed by atoms with Crippen molar-refractivity contribution in [2.75, 3.05) is 6.67 Å². The monoisotopic (exact) mass is 326 g/mol. The summed E-state index contributed by atoms with van der Waals surface area (Å²) in [6.07, 6.45) is -0.248. The minimum Gasteiger partial charge on any atom is -0.435 e. The first-order chi connectivity index (χ1) is 11.1. The van der Waals surface area contributed by atoms with Gasteiger partial charge in [0, 0.05) is 0 Å². The molecule has 0 amide bonds. The summed E-state index contributed by atoms with van der Waals surface area (Å²) in [4.78, 5) is 0. The number of hydrogen-bond acceptors (Lipinski definition) is 1. The molecule has 2 aromatic carbocycles. The Hall–Kier alpha value is -2.04. The topological polar surface area (TPSA) is 9.23 Å². The van der Waals surface area contributed by atoms with Crippen LogP contribution < -0.4 is 4.74 Å². The lowest BCUT2D eigenvalue weighted by atomic mass is 9.99. The summed E-state index contributed by atoms with van der Waals surface area (Å²) < 4.78 is 54.6. The van der Waals surface area contributed by atoms with Gasteiger partial charge in [0.25, 0.3) is 0 Å². The van der Waals surface area contributed by atoms with Crippen LogP contribution in [0.3, 0.4) is 0 Å². The van der Waals surface area contributed by atoms with Crippen molar-refractivity contribution in [1.82, 2.24) is 0 Å². The first kappa shape index (κ1) is 17.3. The molecule has 23 heavy (non-hydrogen) atoms. The smallest absolute Gasteiger partial charge is 0.387 e. The predicted molar refractivity (Wildman–Crippen MR) is 81.4 cm³/mol. The van der Waals surface area contributed by atoms with E-state index >= 15 is 0 Å². The van der Waals surface area contributed by atoms with Gasteiger partial charge in [0.05, 0.1) is 6.67 Å². The van der Waals surface area contributed by atoms with Crippen LogP contribution >= 0.6 is 0 Å². The second kappa shape index (κ2) is 8.56. The van der Waals surface area contributed by atoms with Crippen molar-refractivity contribution in [3.05, 3.63) is 65.2 Å². The lowest BCUT2D eigenvalue weighted by Gasteiger charge is -2.10. The molecule has 0 spiro atoms. The maximum atomic E-state index is 14.0. The summed E-state index contributed by atoms with van der Waals surface area (Å²) in [6.45, 7) is -3.36. The third kappa shape index (κ3) is 5.58. The van der Waals surface area contributed by atoms with E-state index in [4.69, 9.17) is 0 Å². The Kier molecular flexibility index (Phi) is 6.44. The molecule has 0 aliphatic carbocycles. The molecule has 2 aromatic rings. The van der Waals surface area contributed by atoms with E-state index in [0.29, 0.717) is 12.0 Å². The minimum absolute atomic E-state index is 0.104. The Labute approximate surface area is 132 Å². The summed E-state index contributed by atoms with van der Waals surface area (Å²) in [6, 6.07) is 13.4. The summed E-state index contributed by atoms with van der Waals surface area (Å²) in [5.41, 5.74) is 2.35. The van der Waals surface area contributed by atoms with Crippen LogP contribution in [0.1, 0.15) is 35.7 Å². The van der Waals surface area contributed by atoms with E-state index < -0.39 is 19.5 Å². The van der Waals surface area contributed by atoms with Crippen molar-refractivity contribution < 1.29 is 22.3 Å². The van der Waals surface area contributed by atoms with Crippen LogP contribution in [0.25, 0.3) is 0 Å². The van der Waals surface area contributed by atoms with Crippen LogP contribution in [0.15, 0.2) is 48.5 Å². The maximum absolute atomic E-state index is 14.0. The normalized spacial score (nSPS) is 12.4. The Balaban J connectivity index is 2.02. The van der Waals surface area contributed by atoms with Gasteiger partial charge in [0.2, 0.25) is 0 Å². The second-order valence-corrected chi connectivity index (χ2v) is 5.24. The van der Waals surface area contributed by atoms with Gasteiger partial charge >= 0.3 is 6.61 Å². The van der Waals surface area contributed by atoms with E-state index in [1.165, 1.54) is 12.1 Å². The molecule has 0 saturated carbocycles. The number of benzene rings is 2. The predicted octanol–water partition coefficient (Wildman–Crippen LogP) is 5.64. The van der Waals surface area contributed by atoms with Crippen molar-refractivity contribution in [1.29, 1.82) is 0 Å². The molecule has 5 heteroatoms. The standard InChI is InChI=1S/C18H18F4O/c19-10-2-5-17(20)15-4-1-3-14(12-15)11-13-6-8-16(9-7-13)23-18(21)22/h1,3-4,6-9,12,17-18H,2,5,10-11H2. The second-order valence-electron chi connectivity index (χ2n) is 5.24. The van der Waals surface area contributed by atoms with Gasteiger partial charge in [-0.1, -0.05) is 36.4 Å². The van der Waals surface area contributed by atoms with Crippen molar-refractivity contribution in [3.8, 4) is 5.75 Å². The van der Waals surface area contributed by atoms with Crippen molar-refractivity contribution in [2.24, 2.45) is 0 Å². The van der Waals surface area contributed by atoms with Gasteiger partial charge in [-0.05, 0) is 48.1 Å². The summed E-state index contributed by atoms with van der Waals surface area (Å²) in [7, 11) is 0. The third-order valence-corrected chi connectivity index (χ3v) is 3.46. The van der Waals surface area contributed by atoms with E-state index in [1.807, 2.05) is 6.07 Å². The molecule has 1 atom stereocenters. The summed E-state index contributed by atoms with van der Waals surface area (Å²) in [5, 5.41) is 0. The Morgan fingerprint density at radius 2 is 1.65 bits per heavy atom. The molecule has 0 heterocycles. The maximum Gasteiger partial charge on any atom is 0.387 e. The fourth-order valence-electron chi connectivity index (χ4n) is 2.35. The van der Waals surface area contributed by atoms with Gasteiger partial charge in [-0.25, -0.2) is 4.39 Å². The molecule has 0 aliphatic heterocycles. The number of alkyl halides is 4. The highest BCUT2D eigenvalue weighted by atomic mass is 19.3. The fraction of sp³-hybridized carbons (Fsp3) is 0.333. The van der Waals surface area contributed by atoms with Crippen molar-refractivity contribution >= 4 is 0 Å². The van der Waals surface area contributed by atoms with Gasteiger partial charge in [0.1, 0.15) is 11.9 Å². The van der Waals surface area contributed by atoms with Crippen LogP contribution in [-0.4, -0.2) is 13.3 Å². The molecular weight excluding hydrogens is 308 g/mol. The van der Waals surface area contributed by atoms with Crippen LogP contribution in [-0.2, 0) is 6.42 Å². The van der Waals surface area contributed by atoms with Crippen LogP contribution in [0.5, 0.6) is 5.75 Å². The minimum atomic E-state index is -2.84. The summed E-state index contributed by atoms with van der Waals surface area (Å²) >= 11 is 0. The average molecular weight is 326 g/mol. The van der Waals surface area contributed by atoms with Gasteiger partial charge < -0.3 is 4.74 Å². The van der Waals surface area contributed by atoms with Crippen LogP contribution in [0.2, 0.25) is 0 Å². The molecule has 2 rings (SSSR count). The molecule has 1 nitrogen and oxygen atoms in total.